The normalized spacial score (nSPS) is 12.2. The van der Waals surface area contributed by atoms with E-state index in [0.717, 1.165) is 23.3 Å². The molecule has 5 heteroatoms. The van der Waals surface area contributed by atoms with E-state index in [0.29, 0.717) is 16.7 Å². The third-order valence-electron chi connectivity index (χ3n) is 3.12. The highest BCUT2D eigenvalue weighted by Gasteiger charge is 2.19. The van der Waals surface area contributed by atoms with Crippen molar-refractivity contribution in [2.75, 3.05) is 13.7 Å². The minimum Gasteiger partial charge on any atom is -0.492 e. The maximum Gasteiger partial charge on any atom is 0.137 e. The number of benzene rings is 1. The SMILES string of the molecule is CCCOc1cncc(C(NC)c2c(Cl)cccc2Cl)c1. The molecule has 3 nitrogen and oxygen atoms in total. The lowest BCUT2D eigenvalue weighted by Crippen LogP contribution is -2.19. The van der Waals surface area contributed by atoms with Crippen LogP contribution in [0.15, 0.2) is 36.7 Å². The van der Waals surface area contributed by atoms with Crippen LogP contribution in [0.25, 0.3) is 0 Å². The zero-order chi connectivity index (χ0) is 15.2. The molecule has 1 heterocycles. The minimum absolute atomic E-state index is 0.135. The Hall–Kier alpha value is -1.29. The molecular formula is C16H18Cl2N2O. The van der Waals surface area contributed by atoms with E-state index in [1.807, 2.05) is 31.3 Å². The Morgan fingerprint density at radius 3 is 2.57 bits per heavy atom. The zero-order valence-electron chi connectivity index (χ0n) is 12.1. The third kappa shape index (κ3) is 3.88. The van der Waals surface area contributed by atoms with Gasteiger partial charge in [-0.1, -0.05) is 36.2 Å². The van der Waals surface area contributed by atoms with Crippen molar-refractivity contribution in [3.05, 3.63) is 57.8 Å². The Balaban J connectivity index is 2.37. The maximum absolute atomic E-state index is 6.30. The number of pyridine rings is 1. The van der Waals surface area contributed by atoms with Gasteiger partial charge in [0.25, 0.3) is 0 Å². The number of rotatable bonds is 6. The molecule has 1 N–H and O–H groups in total. The van der Waals surface area contributed by atoms with Gasteiger partial charge in [-0.05, 0) is 37.2 Å². The van der Waals surface area contributed by atoms with Gasteiger partial charge in [-0.2, -0.15) is 0 Å². The molecule has 0 spiro atoms. The van der Waals surface area contributed by atoms with Crippen LogP contribution in [0.3, 0.4) is 0 Å². The Labute approximate surface area is 135 Å². The number of nitrogens with zero attached hydrogens (tertiary/aromatic N) is 1. The summed E-state index contributed by atoms with van der Waals surface area (Å²) in [6.07, 6.45) is 4.45. The van der Waals surface area contributed by atoms with Crippen LogP contribution in [0, 0.1) is 0 Å². The van der Waals surface area contributed by atoms with Crippen LogP contribution in [-0.2, 0) is 0 Å². The lowest BCUT2D eigenvalue weighted by Gasteiger charge is -2.20. The van der Waals surface area contributed by atoms with Gasteiger partial charge >= 0.3 is 0 Å². The predicted molar refractivity (Wildman–Crippen MR) is 87.4 cm³/mol. The Morgan fingerprint density at radius 1 is 1.24 bits per heavy atom. The van der Waals surface area contributed by atoms with Gasteiger partial charge < -0.3 is 10.1 Å². The lowest BCUT2D eigenvalue weighted by molar-refractivity contribution is 0.315. The van der Waals surface area contributed by atoms with Crippen molar-refractivity contribution < 1.29 is 4.74 Å². The third-order valence-corrected chi connectivity index (χ3v) is 3.78. The first-order valence-corrected chi connectivity index (χ1v) is 7.61. The van der Waals surface area contributed by atoms with Crippen molar-refractivity contribution in [3.8, 4) is 5.75 Å². The van der Waals surface area contributed by atoms with E-state index in [1.54, 1.807) is 12.4 Å². The van der Waals surface area contributed by atoms with Crippen LogP contribution in [0.1, 0.15) is 30.5 Å². The van der Waals surface area contributed by atoms with Gasteiger partial charge in [0, 0.05) is 21.8 Å². The highest BCUT2D eigenvalue weighted by Crippen LogP contribution is 2.34. The molecule has 0 saturated heterocycles. The number of hydrogen-bond acceptors (Lipinski definition) is 3. The molecule has 1 aromatic carbocycles. The molecule has 0 aliphatic heterocycles. The van der Waals surface area contributed by atoms with Gasteiger partial charge in [0.15, 0.2) is 0 Å². The zero-order valence-corrected chi connectivity index (χ0v) is 13.6. The van der Waals surface area contributed by atoms with Crippen molar-refractivity contribution in [2.24, 2.45) is 0 Å². The number of nitrogens with one attached hydrogen (secondary N) is 1. The lowest BCUT2D eigenvalue weighted by atomic mass is 10.00. The van der Waals surface area contributed by atoms with Gasteiger partial charge in [0.2, 0.25) is 0 Å². The summed E-state index contributed by atoms with van der Waals surface area (Å²) in [5.41, 5.74) is 1.80. The quantitative estimate of drug-likeness (QED) is 0.850. The van der Waals surface area contributed by atoms with E-state index in [-0.39, 0.29) is 6.04 Å². The highest BCUT2D eigenvalue weighted by molar-refractivity contribution is 6.36. The summed E-state index contributed by atoms with van der Waals surface area (Å²) < 4.78 is 5.63. The number of hydrogen-bond donors (Lipinski definition) is 1. The standard InChI is InChI=1S/C16H18Cl2N2O/c1-3-7-21-12-8-11(9-20-10-12)16(19-2)15-13(17)5-4-6-14(15)18/h4-6,8-10,16,19H,3,7H2,1-2H3. The van der Waals surface area contributed by atoms with Gasteiger partial charge in [0.1, 0.15) is 5.75 Å². The van der Waals surface area contributed by atoms with Crippen molar-refractivity contribution in [3.63, 3.8) is 0 Å². The summed E-state index contributed by atoms with van der Waals surface area (Å²) in [4.78, 5) is 4.24. The number of halogens is 2. The monoisotopic (exact) mass is 324 g/mol. The van der Waals surface area contributed by atoms with Crippen molar-refractivity contribution >= 4 is 23.2 Å². The first-order chi connectivity index (χ1) is 10.2. The second-order valence-electron chi connectivity index (χ2n) is 4.66. The molecule has 0 radical (unpaired) electrons. The van der Waals surface area contributed by atoms with Crippen molar-refractivity contribution in [1.29, 1.82) is 0 Å². The van der Waals surface area contributed by atoms with E-state index in [9.17, 15) is 0 Å². The van der Waals surface area contributed by atoms with E-state index in [2.05, 4.69) is 17.2 Å². The van der Waals surface area contributed by atoms with Crippen LogP contribution in [0.5, 0.6) is 5.75 Å². The van der Waals surface area contributed by atoms with Gasteiger partial charge in [0.05, 0.1) is 18.8 Å². The molecule has 0 aliphatic rings. The smallest absolute Gasteiger partial charge is 0.137 e. The van der Waals surface area contributed by atoms with Gasteiger partial charge in [-0.3, -0.25) is 4.98 Å². The van der Waals surface area contributed by atoms with Crippen LogP contribution in [0.2, 0.25) is 10.0 Å². The summed E-state index contributed by atoms with van der Waals surface area (Å²) in [6, 6.07) is 7.32. The molecule has 0 bridgehead atoms. The second kappa shape index (κ2) is 7.64. The molecule has 2 aromatic rings. The van der Waals surface area contributed by atoms with E-state index >= 15 is 0 Å². The summed E-state index contributed by atoms with van der Waals surface area (Å²) in [5, 5.41) is 4.49. The fourth-order valence-corrected chi connectivity index (χ4v) is 2.77. The molecular weight excluding hydrogens is 307 g/mol. The molecule has 0 saturated carbocycles. The fourth-order valence-electron chi connectivity index (χ4n) is 2.16. The van der Waals surface area contributed by atoms with Crippen molar-refractivity contribution in [1.82, 2.24) is 10.3 Å². The minimum atomic E-state index is -0.135. The van der Waals surface area contributed by atoms with Crippen LogP contribution >= 0.6 is 23.2 Å². The summed E-state index contributed by atoms with van der Waals surface area (Å²) in [7, 11) is 1.86. The largest absolute Gasteiger partial charge is 0.492 e. The number of aromatic nitrogens is 1. The molecule has 2 rings (SSSR count). The van der Waals surface area contributed by atoms with E-state index in [4.69, 9.17) is 27.9 Å². The van der Waals surface area contributed by atoms with Crippen LogP contribution < -0.4 is 10.1 Å². The summed E-state index contributed by atoms with van der Waals surface area (Å²) in [5.74, 6) is 0.748. The van der Waals surface area contributed by atoms with Crippen LogP contribution in [-0.4, -0.2) is 18.6 Å². The molecule has 0 aliphatic carbocycles. The highest BCUT2D eigenvalue weighted by atomic mass is 35.5. The molecule has 112 valence electrons. The predicted octanol–water partition coefficient (Wildman–Crippen LogP) is 4.49. The van der Waals surface area contributed by atoms with Gasteiger partial charge in [-0.15, -0.1) is 0 Å². The Kier molecular flexibility index (Phi) is 5.85. The average Bonchev–Trinajstić information content (AvgIpc) is 2.49. The Bertz CT molecular complexity index is 584. The molecule has 1 unspecified atom stereocenters. The summed E-state index contributed by atoms with van der Waals surface area (Å²) in [6.45, 7) is 2.74. The second-order valence-corrected chi connectivity index (χ2v) is 5.47. The first kappa shape index (κ1) is 16.1. The molecule has 0 amide bonds. The molecule has 21 heavy (non-hydrogen) atoms. The topological polar surface area (TPSA) is 34.1 Å². The molecule has 1 atom stereocenters. The average molecular weight is 325 g/mol. The van der Waals surface area contributed by atoms with Crippen LogP contribution in [0.4, 0.5) is 0 Å². The van der Waals surface area contributed by atoms with Crippen molar-refractivity contribution in [2.45, 2.75) is 19.4 Å². The maximum atomic E-state index is 6.30. The number of ether oxygens (including phenoxy) is 1. The molecule has 0 fully saturated rings. The summed E-state index contributed by atoms with van der Waals surface area (Å²) >= 11 is 12.6. The molecule has 1 aromatic heterocycles. The van der Waals surface area contributed by atoms with E-state index < -0.39 is 0 Å². The van der Waals surface area contributed by atoms with Gasteiger partial charge in [-0.25, -0.2) is 0 Å². The first-order valence-electron chi connectivity index (χ1n) is 6.86. The fraction of sp³-hybridized carbons (Fsp3) is 0.312. The van der Waals surface area contributed by atoms with E-state index in [1.165, 1.54) is 0 Å². The Morgan fingerprint density at radius 2 is 1.95 bits per heavy atom.